The van der Waals surface area contributed by atoms with Gasteiger partial charge in [0.25, 0.3) is 0 Å². The minimum absolute atomic E-state index is 0.141. The van der Waals surface area contributed by atoms with Gasteiger partial charge in [-0.15, -0.1) is 0 Å². The summed E-state index contributed by atoms with van der Waals surface area (Å²) in [7, 11) is 0. The Morgan fingerprint density at radius 3 is 3.05 bits per heavy atom. The Hall–Kier alpha value is -1.66. The van der Waals surface area contributed by atoms with E-state index in [2.05, 4.69) is 4.98 Å². The van der Waals surface area contributed by atoms with Gasteiger partial charge in [-0.05, 0) is 26.0 Å². The molecule has 1 aromatic rings. The molecule has 0 bridgehead atoms. The van der Waals surface area contributed by atoms with Gasteiger partial charge in [0.1, 0.15) is 6.10 Å². The van der Waals surface area contributed by atoms with Crippen LogP contribution < -0.4 is 5.06 Å². The number of hydrogen-bond donors (Lipinski definition) is 1. The average molecular weight is 266 g/mol. The molecule has 1 saturated heterocycles. The number of carbonyl (C=O) groups is 1. The molecule has 19 heavy (non-hydrogen) atoms. The highest BCUT2D eigenvalue weighted by Gasteiger charge is 2.40. The molecule has 1 aliphatic heterocycles. The number of hydrogen-bond acceptors (Lipinski definition) is 6. The molecule has 0 saturated carbocycles. The number of rotatable bonds is 4. The predicted octanol–water partition coefficient (Wildman–Crippen LogP) is 0.824. The first-order valence-electron chi connectivity index (χ1n) is 6.32. The molecular weight excluding hydrogens is 248 g/mol. The van der Waals surface area contributed by atoms with Crippen molar-refractivity contribution in [3.05, 3.63) is 23.9 Å². The van der Waals surface area contributed by atoms with E-state index in [1.54, 1.807) is 13.0 Å². The summed E-state index contributed by atoms with van der Waals surface area (Å²) >= 11 is 0. The van der Waals surface area contributed by atoms with Crippen LogP contribution in [0.2, 0.25) is 0 Å². The number of aliphatic hydroxyl groups is 1. The molecular formula is C13H18N2O4. The van der Waals surface area contributed by atoms with Crippen molar-refractivity contribution in [1.29, 1.82) is 0 Å². The van der Waals surface area contributed by atoms with Gasteiger partial charge in [0.05, 0.1) is 13.2 Å². The molecule has 1 fully saturated rings. The van der Waals surface area contributed by atoms with Crippen molar-refractivity contribution >= 4 is 11.8 Å². The molecule has 0 unspecified atom stereocenters. The summed E-state index contributed by atoms with van der Waals surface area (Å²) in [6.07, 6.45) is -0.0120. The van der Waals surface area contributed by atoms with Crippen LogP contribution in [-0.2, 0) is 14.4 Å². The number of carbonyl (C=O) groups excluding carboxylic acids is 1. The summed E-state index contributed by atoms with van der Waals surface area (Å²) < 4.78 is 5.03. The Morgan fingerprint density at radius 1 is 1.63 bits per heavy atom. The fourth-order valence-corrected chi connectivity index (χ4v) is 2.03. The second-order valence-corrected chi connectivity index (χ2v) is 4.38. The largest absolute Gasteiger partial charge is 0.464 e. The molecule has 6 heteroatoms. The Bertz CT molecular complexity index is 452. The molecule has 6 nitrogen and oxygen atoms in total. The second kappa shape index (κ2) is 5.99. The highest BCUT2D eigenvalue weighted by Crippen LogP contribution is 2.27. The molecule has 0 spiro atoms. The number of nitrogens with zero attached hydrogens (tertiary/aromatic N) is 2. The van der Waals surface area contributed by atoms with E-state index in [-0.39, 0.29) is 12.6 Å². The number of aliphatic hydroxyl groups excluding tert-OH is 1. The molecule has 0 aromatic carbocycles. The molecule has 1 aromatic heterocycles. The van der Waals surface area contributed by atoms with Crippen molar-refractivity contribution in [3.63, 3.8) is 0 Å². The van der Waals surface area contributed by atoms with Gasteiger partial charge in [0, 0.05) is 12.1 Å². The lowest BCUT2D eigenvalue weighted by Crippen LogP contribution is -2.37. The van der Waals surface area contributed by atoms with Gasteiger partial charge in [-0.1, -0.05) is 6.07 Å². The fourth-order valence-electron chi connectivity index (χ4n) is 2.03. The van der Waals surface area contributed by atoms with Crippen molar-refractivity contribution < 1.29 is 19.5 Å². The number of esters is 1. The normalized spacial score (nSPS) is 22.6. The minimum atomic E-state index is -0.564. The summed E-state index contributed by atoms with van der Waals surface area (Å²) in [5.41, 5.74) is 0.830. The van der Waals surface area contributed by atoms with Crippen molar-refractivity contribution in [2.75, 3.05) is 18.3 Å². The third-order valence-electron chi connectivity index (χ3n) is 2.89. The Labute approximate surface area is 111 Å². The Balaban J connectivity index is 2.22. The van der Waals surface area contributed by atoms with Crippen molar-refractivity contribution in [2.45, 2.75) is 32.4 Å². The quantitative estimate of drug-likeness (QED) is 0.814. The van der Waals surface area contributed by atoms with E-state index in [0.717, 1.165) is 5.69 Å². The SMILES string of the molecule is CCOC(=O)[C@H]1C[C@H](CO)ON1c1cccc(C)n1. The molecule has 0 aliphatic carbocycles. The van der Waals surface area contributed by atoms with Gasteiger partial charge in [0.2, 0.25) is 0 Å². The van der Waals surface area contributed by atoms with Crippen LogP contribution in [0.3, 0.4) is 0 Å². The molecule has 104 valence electrons. The van der Waals surface area contributed by atoms with E-state index >= 15 is 0 Å². The lowest BCUT2D eigenvalue weighted by molar-refractivity contribution is -0.145. The van der Waals surface area contributed by atoms with Gasteiger partial charge >= 0.3 is 5.97 Å². The van der Waals surface area contributed by atoms with Crippen LogP contribution in [-0.4, -0.2) is 41.4 Å². The van der Waals surface area contributed by atoms with E-state index in [4.69, 9.17) is 9.57 Å². The zero-order valence-corrected chi connectivity index (χ0v) is 11.1. The summed E-state index contributed by atoms with van der Waals surface area (Å²) in [6, 6.07) is 4.91. The molecule has 1 aliphatic rings. The van der Waals surface area contributed by atoms with E-state index in [0.29, 0.717) is 18.8 Å². The third-order valence-corrected chi connectivity index (χ3v) is 2.89. The maximum atomic E-state index is 11.9. The third kappa shape index (κ3) is 3.02. The van der Waals surface area contributed by atoms with Crippen molar-refractivity contribution in [1.82, 2.24) is 4.98 Å². The van der Waals surface area contributed by atoms with Gasteiger partial charge in [-0.2, -0.15) is 0 Å². The molecule has 2 rings (SSSR count). The van der Waals surface area contributed by atoms with Crippen LogP contribution >= 0.6 is 0 Å². The zero-order valence-electron chi connectivity index (χ0n) is 11.1. The number of aromatic nitrogens is 1. The smallest absolute Gasteiger partial charge is 0.331 e. The maximum Gasteiger partial charge on any atom is 0.331 e. The Kier molecular flexibility index (Phi) is 4.34. The first kappa shape index (κ1) is 13.8. The van der Waals surface area contributed by atoms with Crippen LogP contribution in [0.4, 0.5) is 5.82 Å². The maximum absolute atomic E-state index is 11.9. The number of ether oxygens (including phenoxy) is 1. The molecule has 0 radical (unpaired) electrons. The van der Waals surface area contributed by atoms with Gasteiger partial charge < -0.3 is 9.84 Å². The molecule has 2 atom stereocenters. The van der Waals surface area contributed by atoms with Gasteiger partial charge in [0.15, 0.2) is 11.9 Å². The van der Waals surface area contributed by atoms with Gasteiger partial charge in [-0.25, -0.2) is 14.8 Å². The number of aryl methyl sites for hydroxylation is 1. The minimum Gasteiger partial charge on any atom is -0.464 e. The fraction of sp³-hybridized carbons (Fsp3) is 0.538. The lowest BCUT2D eigenvalue weighted by Gasteiger charge is -2.22. The van der Waals surface area contributed by atoms with E-state index in [9.17, 15) is 9.90 Å². The standard InChI is InChI=1S/C13H18N2O4/c1-3-18-13(17)11-7-10(8-16)19-15(11)12-6-4-5-9(2)14-12/h4-6,10-11,16H,3,7-8H2,1-2H3/t10-,11-/m1/s1. The number of anilines is 1. The topological polar surface area (TPSA) is 71.9 Å². The van der Waals surface area contributed by atoms with Crippen LogP contribution in [0.5, 0.6) is 0 Å². The molecule has 2 heterocycles. The summed E-state index contributed by atoms with van der Waals surface area (Å²) in [5, 5.41) is 10.6. The van der Waals surface area contributed by atoms with Crippen LogP contribution in [0.1, 0.15) is 19.0 Å². The van der Waals surface area contributed by atoms with Crippen molar-refractivity contribution in [2.24, 2.45) is 0 Å². The summed E-state index contributed by atoms with van der Waals surface area (Å²) in [6.45, 7) is 3.79. The monoisotopic (exact) mass is 266 g/mol. The highest BCUT2D eigenvalue weighted by molar-refractivity contribution is 5.79. The van der Waals surface area contributed by atoms with Gasteiger partial charge in [-0.3, -0.25) is 4.84 Å². The van der Waals surface area contributed by atoms with E-state index in [1.807, 2.05) is 19.1 Å². The predicted molar refractivity (Wildman–Crippen MR) is 68.4 cm³/mol. The summed E-state index contributed by atoms with van der Waals surface area (Å²) in [4.78, 5) is 21.8. The van der Waals surface area contributed by atoms with E-state index < -0.39 is 12.1 Å². The average Bonchev–Trinajstić information content (AvgIpc) is 2.83. The Morgan fingerprint density at radius 2 is 2.42 bits per heavy atom. The van der Waals surface area contributed by atoms with Crippen LogP contribution in [0.25, 0.3) is 0 Å². The summed E-state index contributed by atoms with van der Waals surface area (Å²) in [5.74, 6) is 0.191. The number of hydroxylamine groups is 1. The van der Waals surface area contributed by atoms with E-state index in [1.165, 1.54) is 5.06 Å². The van der Waals surface area contributed by atoms with Crippen LogP contribution in [0.15, 0.2) is 18.2 Å². The molecule has 0 amide bonds. The number of pyridine rings is 1. The second-order valence-electron chi connectivity index (χ2n) is 4.38. The zero-order chi connectivity index (χ0) is 13.8. The van der Waals surface area contributed by atoms with Crippen molar-refractivity contribution in [3.8, 4) is 0 Å². The lowest BCUT2D eigenvalue weighted by atomic mass is 10.1. The van der Waals surface area contributed by atoms with Crippen LogP contribution in [0, 0.1) is 6.92 Å². The first-order valence-corrected chi connectivity index (χ1v) is 6.32. The molecule has 1 N–H and O–H groups in total. The highest BCUT2D eigenvalue weighted by atomic mass is 16.7. The first-order chi connectivity index (χ1) is 9.15.